The van der Waals surface area contributed by atoms with Gasteiger partial charge in [0, 0.05) is 29.2 Å². The second-order valence-electron chi connectivity index (χ2n) is 5.90. The van der Waals surface area contributed by atoms with Gasteiger partial charge in [0.25, 0.3) is 5.91 Å². The maximum atomic E-state index is 13.0. The highest BCUT2D eigenvalue weighted by Gasteiger charge is 2.23. The number of fused-ring (bicyclic) bond motifs is 1. The van der Waals surface area contributed by atoms with E-state index in [0.29, 0.717) is 33.7 Å². The van der Waals surface area contributed by atoms with Crippen LogP contribution in [-0.2, 0) is 6.54 Å². The molecule has 7 heteroatoms. The number of hydrogen-bond acceptors (Lipinski definition) is 5. The number of ether oxygens (including phenoxy) is 3. The first-order valence-corrected chi connectivity index (χ1v) is 9.41. The normalized spacial score (nSPS) is 10.7. The molecule has 3 aromatic rings. The maximum absolute atomic E-state index is 13.0. The van der Waals surface area contributed by atoms with Gasteiger partial charge in [-0.2, -0.15) is 0 Å². The van der Waals surface area contributed by atoms with Crippen LogP contribution in [-0.4, -0.2) is 39.2 Å². The van der Waals surface area contributed by atoms with Gasteiger partial charge >= 0.3 is 0 Å². The van der Waals surface area contributed by atoms with Crippen molar-refractivity contribution in [2.45, 2.75) is 6.54 Å². The predicted molar refractivity (Wildman–Crippen MR) is 109 cm³/mol. The zero-order chi connectivity index (χ0) is 19.6. The Labute approximate surface area is 167 Å². The van der Waals surface area contributed by atoms with Crippen molar-refractivity contribution >= 4 is 38.9 Å². The number of rotatable bonds is 6. The summed E-state index contributed by atoms with van der Waals surface area (Å²) >= 11 is 7.84. The van der Waals surface area contributed by atoms with Gasteiger partial charge in [0.2, 0.25) is 5.75 Å². The number of carbonyl (C=O) groups is 1. The second-order valence-corrected chi connectivity index (χ2v) is 7.33. The molecule has 0 saturated heterocycles. The van der Waals surface area contributed by atoms with E-state index in [1.165, 1.54) is 11.3 Å². The predicted octanol–water partition coefficient (Wildman–Crippen LogP) is 4.85. The Kier molecular flexibility index (Phi) is 5.77. The maximum Gasteiger partial charge on any atom is 0.265 e. The molecule has 0 radical (unpaired) electrons. The van der Waals surface area contributed by atoms with Crippen LogP contribution < -0.4 is 14.2 Å². The van der Waals surface area contributed by atoms with Crippen LogP contribution in [0.3, 0.4) is 0 Å². The lowest BCUT2D eigenvalue weighted by Crippen LogP contribution is -2.26. The van der Waals surface area contributed by atoms with Gasteiger partial charge in [-0.05, 0) is 18.2 Å². The number of methoxy groups -OCH3 is 3. The summed E-state index contributed by atoms with van der Waals surface area (Å²) < 4.78 is 17.2. The van der Waals surface area contributed by atoms with Crippen LogP contribution in [0.25, 0.3) is 10.1 Å². The lowest BCUT2D eigenvalue weighted by molar-refractivity contribution is 0.0789. The lowest BCUT2D eigenvalue weighted by atomic mass is 10.1. The smallest absolute Gasteiger partial charge is 0.265 e. The average molecular weight is 406 g/mol. The largest absolute Gasteiger partial charge is 0.493 e. The van der Waals surface area contributed by atoms with Crippen molar-refractivity contribution in [1.29, 1.82) is 0 Å². The standard InChI is InChI=1S/C20H20ClNO4S/c1-22(11-12-9-10-14(24-2)18(26-4)17(12)25-3)20(23)19-16(21)13-7-5-6-8-15(13)27-19/h5-10H,11H2,1-4H3. The molecular weight excluding hydrogens is 386 g/mol. The molecule has 0 aliphatic carbocycles. The molecule has 0 atom stereocenters. The van der Waals surface area contributed by atoms with Gasteiger partial charge in [-0.1, -0.05) is 29.8 Å². The molecule has 0 saturated carbocycles. The van der Waals surface area contributed by atoms with Crippen molar-refractivity contribution in [3.8, 4) is 17.2 Å². The molecule has 27 heavy (non-hydrogen) atoms. The molecule has 0 fully saturated rings. The summed E-state index contributed by atoms with van der Waals surface area (Å²) in [4.78, 5) is 15.1. The van der Waals surface area contributed by atoms with Crippen LogP contribution in [0, 0.1) is 0 Å². The Bertz CT molecular complexity index is 986. The van der Waals surface area contributed by atoms with Crippen molar-refractivity contribution in [2.24, 2.45) is 0 Å². The summed E-state index contributed by atoms with van der Waals surface area (Å²) in [5.74, 6) is 1.47. The SMILES string of the molecule is COc1ccc(CN(C)C(=O)c2sc3ccccc3c2Cl)c(OC)c1OC. The molecular formula is C20H20ClNO4S. The minimum absolute atomic E-state index is 0.141. The number of hydrogen-bond donors (Lipinski definition) is 0. The van der Waals surface area contributed by atoms with E-state index >= 15 is 0 Å². The van der Waals surface area contributed by atoms with Gasteiger partial charge in [0.15, 0.2) is 11.5 Å². The fourth-order valence-corrected chi connectivity index (χ4v) is 4.45. The molecule has 1 amide bonds. The van der Waals surface area contributed by atoms with E-state index in [1.54, 1.807) is 39.3 Å². The summed E-state index contributed by atoms with van der Waals surface area (Å²) in [5, 5.41) is 1.39. The van der Waals surface area contributed by atoms with Gasteiger partial charge in [0.05, 0.1) is 26.4 Å². The molecule has 3 rings (SSSR count). The number of thiophene rings is 1. The van der Waals surface area contributed by atoms with E-state index in [2.05, 4.69) is 0 Å². The Morgan fingerprint density at radius 1 is 1.04 bits per heavy atom. The van der Waals surface area contributed by atoms with E-state index in [9.17, 15) is 4.79 Å². The Morgan fingerprint density at radius 2 is 1.74 bits per heavy atom. The molecule has 5 nitrogen and oxygen atoms in total. The third kappa shape index (κ3) is 3.55. The summed E-state index contributed by atoms with van der Waals surface area (Å²) in [6.07, 6.45) is 0. The molecule has 1 aromatic heterocycles. The summed E-state index contributed by atoms with van der Waals surface area (Å²) in [5.41, 5.74) is 0.809. The minimum Gasteiger partial charge on any atom is -0.493 e. The molecule has 142 valence electrons. The van der Waals surface area contributed by atoms with Gasteiger partial charge in [-0.25, -0.2) is 0 Å². The third-order valence-corrected chi connectivity index (χ3v) is 5.93. The topological polar surface area (TPSA) is 48.0 Å². The van der Waals surface area contributed by atoms with Crippen molar-refractivity contribution in [3.05, 3.63) is 51.9 Å². The van der Waals surface area contributed by atoms with E-state index in [1.807, 2.05) is 30.3 Å². The van der Waals surface area contributed by atoms with Gasteiger partial charge in [-0.15, -0.1) is 11.3 Å². The van der Waals surface area contributed by atoms with Crippen molar-refractivity contribution in [2.75, 3.05) is 28.4 Å². The molecule has 0 unspecified atom stereocenters. The highest BCUT2D eigenvalue weighted by Crippen LogP contribution is 2.41. The summed E-state index contributed by atoms with van der Waals surface area (Å²) in [7, 11) is 6.41. The summed E-state index contributed by atoms with van der Waals surface area (Å²) in [6, 6.07) is 11.4. The number of amides is 1. The van der Waals surface area contributed by atoms with Crippen LogP contribution in [0.2, 0.25) is 5.02 Å². The van der Waals surface area contributed by atoms with Gasteiger partial charge in [-0.3, -0.25) is 4.79 Å². The fraction of sp³-hybridized carbons (Fsp3) is 0.250. The lowest BCUT2D eigenvalue weighted by Gasteiger charge is -2.20. The van der Waals surface area contributed by atoms with E-state index in [0.717, 1.165) is 15.6 Å². The van der Waals surface area contributed by atoms with Crippen LogP contribution in [0.4, 0.5) is 0 Å². The van der Waals surface area contributed by atoms with E-state index in [4.69, 9.17) is 25.8 Å². The summed E-state index contributed by atoms with van der Waals surface area (Å²) in [6.45, 7) is 0.340. The molecule has 0 spiro atoms. The highest BCUT2D eigenvalue weighted by molar-refractivity contribution is 7.21. The van der Waals surface area contributed by atoms with Gasteiger partial charge in [0.1, 0.15) is 4.88 Å². The van der Waals surface area contributed by atoms with Crippen LogP contribution in [0.5, 0.6) is 17.2 Å². The molecule has 0 N–H and O–H groups in total. The first kappa shape index (κ1) is 19.3. The number of benzene rings is 2. The van der Waals surface area contributed by atoms with Crippen molar-refractivity contribution in [1.82, 2.24) is 4.90 Å². The van der Waals surface area contributed by atoms with Crippen molar-refractivity contribution < 1.29 is 19.0 Å². The monoisotopic (exact) mass is 405 g/mol. The quantitative estimate of drug-likeness (QED) is 0.588. The number of carbonyl (C=O) groups excluding carboxylic acids is 1. The van der Waals surface area contributed by atoms with Crippen LogP contribution >= 0.6 is 22.9 Å². The molecule has 0 aliphatic rings. The minimum atomic E-state index is -0.141. The molecule has 2 aromatic carbocycles. The van der Waals surface area contributed by atoms with E-state index < -0.39 is 0 Å². The highest BCUT2D eigenvalue weighted by atomic mass is 35.5. The number of nitrogens with zero attached hydrogens (tertiary/aromatic N) is 1. The Hall–Kier alpha value is -2.44. The Morgan fingerprint density at radius 3 is 2.37 bits per heavy atom. The average Bonchev–Trinajstić information content (AvgIpc) is 3.03. The fourth-order valence-electron chi connectivity index (χ4n) is 2.94. The third-order valence-electron chi connectivity index (χ3n) is 4.27. The Balaban J connectivity index is 1.91. The van der Waals surface area contributed by atoms with Gasteiger partial charge < -0.3 is 19.1 Å². The molecule has 0 aliphatic heterocycles. The van der Waals surface area contributed by atoms with Crippen molar-refractivity contribution in [3.63, 3.8) is 0 Å². The number of halogens is 1. The first-order chi connectivity index (χ1) is 13.0. The van der Waals surface area contributed by atoms with E-state index in [-0.39, 0.29) is 5.91 Å². The zero-order valence-electron chi connectivity index (χ0n) is 15.5. The van der Waals surface area contributed by atoms with Crippen LogP contribution in [0.1, 0.15) is 15.2 Å². The molecule has 1 heterocycles. The van der Waals surface area contributed by atoms with Crippen LogP contribution in [0.15, 0.2) is 36.4 Å². The zero-order valence-corrected chi connectivity index (χ0v) is 17.1. The first-order valence-electron chi connectivity index (χ1n) is 8.22. The second kappa shape index (κ2) is 8.06. The molecule has 0 bridgehead atoms.